The Morgan fingerprint density at radius 2 is 2.18 bits per heavy atom. The number of pyridine rings is 1. The maximum Gasteiger partial charge on any atom is 0.411 e. The zero-order chi connectivity index (χ0) is 15.4. The number of amides is 1. The van der Waals surface area contributed by atoms with Crippen molar-refractivity contribution in [2.45, 2.75) is 19.8 Å². The number of carbonyl (C=O) groups is 1. The maximum atomic E-state index is 11.4. The number of hydrogen-bond donors (Lipinski definition) is 1. The second-order valence-electron chi connectivity index (χ2n) is 5.13. The number of rotatable bonds is 3. The van der Waals surface area contributed by atoms with Gasteiger partial charge in [-0.1, -0.05) is 18.2 Å². The van der Waals surface area contributed by atoms with Gasteiger partial charge in [-0.3, -0.25) is 5.32 Å². The van der Waals surface area contributed by atoms with E-state index in [0.717, 1.165) is 25.2 Å². The van der Waals surface area contributed by atoms with Gasteiger partial charge in [0.1, 0.15) is 5.82 Å². The predicted molar refractivity (Wildman–Crippen MR) is 86.7 cm³/mol. The Morgan fingerprint density at radius 3 is 2.95 bits per heavy atom. The minimum absolute atomic E-state index is 0.349. The monoisotopic (exact) mass is 297 g/mol. The van der Waals surface area contributed by atoms with Crippen LogP contribution in [0.2, 0.25) is 0 Å². The second kappa shape index (κ2) is 6.47. The van der Waals surface area contributed by atoms with E-state index < -0.39 is 6.09 Å². The number of aromatic nitrogens is 1. The van der Waals surface area contributed by atoms with Crippen LogP contribution in [0.25, 0.3) is 0 Å². The summed E-state index contributed by atoms with van der Waals surface area (Å²) < 4.78 is 4.85. The summed E-state index contributed by atoms with van der Waals surface area (Å²) >= 11 is 0. The summed E-state index contributed by atoms with van der Waals surface area (Å²) in [6, 6.07) is 12.2. The van der Waals surface area contributed by atoms with E-state index in [-0.39, 0.29) is 0 Å². The van der Waals surface area contributed by atoms with E-state index in [0.29, 0.717) is 12.3 Å². The SMILES string of the molecule is CCOC(=O)Nc1ccc(N2CCCc3ccccc32)nc1. The van der Waals surface area contributed by atoms with E-state index in [1.807, 2.05) is 18.2 Å². The lowest BCUT2D eigenvalue weighted by atomic mass is 10.0. The third-order valence-corrected chi connectivity index (χ3v) is 3.66. The van der Waals surface area contributed by atoms with Gasteiger partial charge in [-0.15, -0.1) is 0 Å². The Labute approximate surface area is 129 Å². The molecule has 0 spiro atoms. The van der Waals surface area contributed by atoms with Crippen LogP contribution < -0.4 is 10.2 Å². The van der Waals surface area contributed by atoms with Gasteiger partial charge in [0.2, 0.25) is 0 Å². The second-order valence-corrected chi connectivity index (χ2v) is 5.13. The molecule has 114 valence electrons. The van der Waals surface area contributed by atoms with Crippen LogP contribution in [0.15, 0.2) is 42.6 Å². The van der Waals surface area contributed by atoms with Crippen molar-refractivity contribution in [1.82, 2.24) is 4.98 Å². The lowest BCUT2D eigenvalue weighted by molar-refractivity contribution is 0.168. The van der Waals surface area contributed by atoms with Gasteiger partial charge in [0.05, 0.1) is 18.5 Å². The van der Waals surface area contributed by atoms with Gasteiger partial charge in [-0.2, -0.15) is 0 Å². The molecule has 0 atom stereocenters. The molecular weight excluding hydrogens is 278 g/mol. The van der Waals surface area contributed by atoms with Gasteiger partial charge in [0.15, 0.2) is 0 Å². The Morgan fingerprint density at radius 1 is 1.32 bits per heavy atom. The van der Waals surface area contributed by atoms with Crippen molar-refractivity contribution >= 4 is 23.3 Å². The Bertz CT molecular complexity index is 655. The lowest BCUT2D eigenvalue weighted by Gasteiger charge is -2.30. The fourth-order valence-electron chi connectivity index (χ4n) is 2.68. The number of anilines is 3. The van der Waals surface area contributed by atoms with E-state index in [1.165, 1.54) is 11.3 Å². The maximum absolute atomic E-state index is 11.4. The third kappa shape index (κ3) is 3.03. The van der Waals surface area contributed by atoms with E-state index in [4.69, 9.17) is 4.74 Å². The standard InChI is InChI=1S/C17H19N3O2/c1-2-22-17(21)19-14-9-10-16(18-12-14)20-11-5-7-13-6-3-4-8-15(13)20/h3-4,6,8-10,12H,2,5,7,11H2,1H3,(H,19,21). The van der Waals surface area contributed by atoms with Crippen LogP contribution in [0, 0.1) is 0 Å². The van der Waals surface area contributed by atoms with E-state index in [9.17, 15) is 4.79 Å². The number of aryl methyl sites for hydroxylation is 1. The smallest absolute Gasteiger partial charge is 0.411 e. The normalized spacial score (nSPS) is 13.4. The quantitative estimate of drug-likeness (QED) is 0.937. The molecule has 0 unspecified atom stereocenters. The Balaban J connectivity index is 1.78. The van der Waals surface area contributed by atoms with Crippen LogP contribution in [-0.2, 0) is 11.2 Å². The number of fused-ring (bicyclic) bond motifs is 1. The molecule has 1 amide bonds. The molecule has 1 N–H and O–H groups in total. The van der Waals surface area contributed by atoms with E-state index in [1.54, 1.807) is 13.1 Å². The van der Waals surface area contributed by atoms with Crippen molar-refractivity contribution in [3.8, 4) is 0 Å². The molecule has 3 rings (SSSR count). The minimum atomic E-state index is -0.458. The molecule has 0 saturated heterocycles. The van der Waals surface area contributed by atoms with Crippen molar-refractivity contribution in [2.24, 2.45) is 0 Å². The highest BCUT2D eigenvalue weighted by Gasteiger charge is 2.18. The molecule has 0 saturated carbocycles. The molecule has 5 nitrogen and oxygen atoms in total. The molecule has 0 aliphatic carbocycles. The summed E-state index contributed by atoms with van der Waals surface area (Å²) in [7, 11) is 0. The van der Waals surface area contributed by atoms with Gasteiger partial charge in [-0.25, -0.2) is 9.78 Å². The highest BCUT2D eigenvalue weighted by molar-refractivity contribution is 5.84. The predicted octanol–water partition coefficient (Wildman–Crippen LogP) is 3.73. The summed E-state index contributed by atoms with van der Waals surface area (Å²) in [6.45, 7) is 3.07. The largest absolute Gasteiger partial charge is 0.450 e. The molecule has 1 aliphatic rings. The first-order valence-electron chi connectivity index (χ1n) is 7.53. The first-order chi connectivity index (χ1) is 10.8. The number of para-hydroxylation sites is 1. The zero-order valence-electron chi connectivity index (χ0n) is 12.6. The number of benzene rings is 1. The average Bonchev–Trinajstić information content (AvgIpc) is 2.55. The number of nitrogens with one attached hydrogen (secondary N) is 1. The van der Waals surface area contributed by atoms with Crippen molar-refractivity contribution in [3.63, 3.8) is 0 Å². The van der Waals surface area contributed by atoms with Crippen LogP contribution in [0.5, 0.6) is 0 Å². The number of carbonyl (C=O) groups excluding carboxylic acids is 1. The van der Waals surface area contributed by atoms with Gasteiger partial charge in [-0.05, 0) is 43.5 Å². The molecule has 1 aromatic heterocycles. The molecule has 22 heavy (non-hydrogen) atoms. The first kappa shape index (κ1) is 14.4. The molecule has 2 heterocycles. The van der Waals surface area contributed by atoms with Crippen molar-refractivity contribution in [3.05, 3.63) is 48.2 Å². The van der Waals surface area contributed by atoms with E-state index in [2.05, 4.69) is 33.4 Å². The molecule has 0 fully saturated rings. The average molecular weight is 297 g/mol. The number of ether oxygens (including phenoxy) is 1. The fourth-order valence-corrected chi connectivity index (χ4v) is 2.68. The van der Waals surface area contributed by atoms with E-state index >= 15 is 0 Å². The summed E-state index contributed by atoms with van der Waals surface area (Å²) in [6.07, 6.45) is 3.42. The molecule has 0 radical (unpaired) electrons. The van der Waals surface area contributed by atoms with Crippen LogP contribution in [0.1, 0.15) is 18.9 Å². The van der Waals surface area contributed by atoms with Gasteiger partial charge >= 0.3 is 6.09 Å². The van der Waals surface area contributed by atoms with Crippen LogP contribution in [0.3, 0.4) is 0 Å². The lowest BCUT2D eigenvalue weighted by Crippen LogP contribution is -2.25. The van der Waals surface area contributed by atoms with Crippen LogP contribution in [-0.4, -0.2) is 24.2 Å². The topological polar surface area (TPSA) is 54.5 Å². The Hall–Kier alpha value is -2.56. The third-order valence-electron chi connectivity index (χ3n) is 3.66. The summed E-state index contributed by atoms with van der Waals surface area (Å²) in [5.74, 6) is 0.890. The van der Waals surface area contributed by atoms with Gasteiger partial charge in [0, 0.05) is 12.2 Å². The summed E-state index contributed by atoms with van der Waals surface area (Å²) in [4.78, 5) is 18.1. The van der Waals surface area contributed by atoms with Gasteiger partial charge < -0.3 is 9.64 Å². The fraction of sp³-hybridized carbons (Fsp3) is 0.294. The van der Waals surface area contributed by atoms with Crippen LogP contribution >= 0.6 is 0 Å². The zero-order valence-corrected chi connectivity index (χ0v) is 12.6. The minimum Gasteiger partial charge on any atom is -0.450 e. The van der Waals surface area contributed by atoms with Crippen LogP contribution in [0.4, 0.5) is 22.0 Å². The van der Waals surface area contributed by atoms with Gasteiger partial charge in [0.25, 0.3) is 0 Å². The Kier molecular flexibility index (Phi) is 4.23. The molecule has 5 heteroatoms. The van der Waals surface area contributed by atoms with Crippen molar-refractivity contribution in [2.75, 3.05) is 23.4 Å². The highest BCUT2D eigenvalue weighted by atomic mass is 16.5. The van der Waals surface area contributed by atoms with Crippen molar-refractivity contribution < 1.29 is 9.53 Å². The molecule has 1 aliphatic heterocycles. The molecule has 2 aromatic rings. The molecule has 0 bridgehead atoms. The first-order valence-corrected chi connectivity index (χ1v) is 7.53. The van der Waals surface area contributed by atoms with Crippen molar-refractivity contribution in [1.29, 1.82) is 0 Å². The number of hydrogen-bond acceptors (Lipinski definition) is 4. The molecule has 1 aromatic carbocycles. The summed E-state index contributed by atoms with van der Waals surface area (Å²) in [5, 5.41) is 2.65. The molecular formula is C17H19N3O2. The highest BCUT2D eigenvalue weighted by Crippen LogP contribution is 2.32. The summed E-state index contributed by atoms with van der Waals surface area (Å²) in [5.41, 5.74) is 3.20. The number of nitrogens with zero attached hydrogens (tertiary/aromatic N) is 2.